The number of allylic oxidation sites excluding steroid dienone is 3. The van der Waals surface area contributed by atoms with Crippen molar-refractivity contribution in [1.29, 1.82) is 0 Å². The highest BCUT2D eigenvalue weighted by Gasteiger charge is 2.35. The van der Waals surface area contributed by atoms with Gasteiger partial charge in [0.15, 0.2) is 0 Å². The lowest BCUT2D eigenvalue weighted by atomic mass is 9.78. The van der Waals surface area contributed by atoms with Gasteiger partial charge in [0.25, 0.3) is 5.69 Å². The van der Waals surface area contributed by atoms with Crippen LogP contribution in [0.4, 0.5) is 5.69 Å². The van der Waals surface area contributed by atoms with Crippen LogP contribution < -0.4 is 5.32 Å². The van der Waals surface area contributed by atoms with E-state index in [9.17, 15) is 14.9 Å². The van der Waals surface area contributed by atoms with Crippen molar-refractivity contribution < 1.29 is 14.5 Å². The van der Waals surface area contributed by atoms with Gasteiger partial charge in [0.2, 0.25) is 0 Å². The predicted octanol–water partition coefficient (Wildman–Crippen LogP) is 5.88. The van der Waals surface area contributed by atoms with Crippen LogP contribution in [0, 0.1) is 10.1 Å². The largest absolute Gasteiger partial charge is 0.458 e. The summed E-state index contributed by atoms with van der Waals surface area (Å²) in [4.78, 5) is 33.0. The highest BCUT2D eigenvalue weighted by Crippen LogP contribution is 2.44. The number of aromatic nitrogens is 3. The third-order valence-corrected chi connectivity index (χ3v) is 6.89. The molecule has 9 nitrogen and oxygen atoms in total. The number of non-ortho nitro benzene ring substituents is 1. The highest BCUT2D eigenvalue weighted by molar-refractivity contribution is 5.97. The molecule has 2 aromatic heterocycles. The molecule has 1 aliphatic heterocycles. The van der Waals surface area contributed by atoms with Gasteiger partial charge in [-0.25, -0.2) is 9.78 Å². The minimum absolute atomic E-state index is 0.0476. The lowest BCUT2D eigenvalue weighted by Gasteiger charge is -2.31. The van der Waals surface area contributed by atoms with Crippen LogP contribution in [0.5, 0.6) is 0 Å². The minimum atomic E-state index is -0.583. The molecule has 1 atom stereocenters. The van der Waals surface area contributed by atoms with E-state index in [1.807, 2.05) is 67.1 Å². The molecule has 1 N–H and O–H groups in total. The smallest absolute Gasteiger partial charge is 0.337 e. The van der Waals surface area contributed by atoms with Crippen LogP contribution in [0.3, 0.4) is 0 Å². The molecule has 1 unspecified atom stereocenters. The van der Waals surface area contributed by atoms with Crippen molar-refractivity contribution in [1.82, 2.24) is 19.9 Å². The van der Waals surface area contributed by atoms with Gasteiger partial charge in [0.05, 0.1) is 16.8 Å². The second-order valence-electron chi connectivity index (χ2n) is 9.71. The Bertz CT molecular complexity index is 1640. The molecule has 206 valence electrons. The molecule has 1 aliphatic rings. The van der Waals surface area contributed by atoms with Gasteiger partial charge < -0.3 is 14.6 Å². The topological polar surface area (TPSA) is 112 Å². The van der Waals surface area contributed by atoms with Gasteiger partial charge in [-0.15, -0.1) is 0 Å². The van der Waals surface area contributed by atoms with Gasteiger partial charge in [-0.05, 0) is 53.8 Å². The van der Waals surface area contributed by atoms with Crippen LogP contribution in [-0.2, 0) is 16.1 Å². The lowest BCUT2D eigenvalue weighted by molar-refractivity contribution is -0.384. The van der Waals surface area contributed by atoms with Crippen LogP contribution >= 0.6 is 0 Å². The zero-order chi connectivity index (χ0) is 28.8. The van der Waals surface area contributed by atoms with E-state index >= 15 is 0 Å². The second-order valence-corrected chi connectivity index (χ2v) is 9.71. The number of carbonyl (C=O) groups excluding carboxylic acids is 1. The summed E-state index contributed by atoms with van der Waals surface area (Å²) in [6, 6.07) is 18.2. The van der Waals surface area contributed by atoms with E-state index in [0.29, 0.717) is 16.8 Å². The zero-order valence-corrected chi connectivity index (χ0v) is 22.7. The Morgan fingerprint density at radius 3 is 2.61 bits per heavy atom. The summed E-state index contributed by atoms with van der Waals surface area (Å²) in [7, 11) is 0. The average molecular weight is 548 g/mol. The van der Waals surface area contributed by atoms with Crippen LogP contribution in [-0.4, -0.2) is 32.0 Å². The van der Waals surface area contributed by atoms with E-state index < -0.39 is 16.8 Å². The molecule has 3 heterocycles. The third kappa shape index (κ3) is 6.30. The van der Waals surface area contributed by atoms with Crippen LogP contribution in [0.2, 0.25) is 0 Å². The Morgan fingerprint density at radius 1 is 1.07 bits per heavy atom. The fraction of sp³-hybridized carbons (Fsp3) is 0.156. The summed E-state index contributed by atoms with van der Waals surface area (Å²) in [5, 5.41) is 14.9. The molecule has 5 rings (SSSR count). The Hall–Kier alpha value is -5.31. The Morgan fingerprint density at radius 2 is 1.90 bits per heavy atom. The van der Waals surface area contributed by atoms with Gasteiger partial charge in [0.1, 0.15) is 6.61 Å². The number of esters is 1. The molecule has 0 bridgehead atoms. The molecule has 0 saturated heterocycles. The van der Waals surface area contributed by atoms with E-state index in [1.54, 1.807) is 43.1 Å². The quantitative estimate of drug-likeness (QED) is 0.158. The first-order valence-electron chi connectivity index (χ1n) is 13.1. The van der Waals surface area contributed by atoms with Crippen molar-refractivity contribution >= 4 is 23.3 Å². The molecular formula is C32H29N5O4. The number of hydrogen-bond acceptors (Lipinski definition) is 7. The van der Waals surface area contributed by atoms with Crippen molar-refractivity contribution in [2.75, 3.05) is 6.61 Å². The van der Waals surface area contributed by atoms with Crippen molar-refractivity contribution in [2.45, 2.75) is 26.3 Å². The van der Waals surface area contributed by atoms with Crippen molar-refractivity contribution in [2.24, 2.45) is 0 Å². The summed E-state index contributed by atoms with van der Waals surface area (Å²) in [5.74, 6) is -1.08. The first-order chi connectivity index (χ1) is 19.9. The summed E-state index contributed by atoms with van der Waals surface area (Å²) >= 11 is 0. The highest BCUT2D eigenvalue weighted by atomic mass is 16.6. The molecule has 0 spiro atoms. The van der Waals surface area contributed by atoms with Gasteiger partial charge in [0, 0.05) is 60.8 Å². The van der Waals surface area contributed by atoms with E-state index in [0.717, 1.165) is 34.5 Å². The number of nitrogens with one attached hydrogen (secondary N) is 1. The van der Waals surface area contributed by atoms with Crippen LogP contribution in [0.15, 0.2) is 115 Å². The van der Waals surface area contributed by atoms with E-state index in [2.05, 4.69) is 15.3 Å². The fourth-order valence-corrected chi connectivity index (χ4v) is 5.03. The maximum absolute atomic E-state index is 13.6. The molecule has 0 aliphatic carbocycles. The molecule has 2 aromatic carbocycles. The molecule has 9 heteroatoms. The summed E-state index contributed by atoms with van der Waals surface area (Å²) < 4.78 is 7.71. The Labute approximate surface area is 237 Å². The van der Waals surface area contributed by atoms with Crippen LogP contribution in [0.1, 0.15) is 42.0 Å². The molecule has 0 saturated carbocycles. The minimum Gasteiger partial charge on any atom is -0.458 e. The lowest BCUT2D eigenvalue weighted by Crippen LogP contribution is -2.28. The summed E-state index contributed by atoms with van der Waals surface area (Å²) in [6.07, 6.45) is 12.5. The number of ether oxygens (including phenoxy) is 1. The van der Waals surface area contributed by atoms with Crippen molar-refractivity contribution in [3.8, 4) is 0 Å². The number of carbonyl (C=O) groups is 1. The van der Waals surface area contributed by atoms with Gasteiger partial charge in [-0.1, -0.05) is 48.5 Å². The molecule has 0 radical (unpaired) electrons. The number of pyridine rings is 1. The zero-order valence-electron chi connectivity index (χ0n) is 22.7. The maximum Gasteiger partial charge on any atom is 0.337 e. The standard InChI is InChI=1S/C32H29N5O4/c1-22-29(27-8-4-14-33-19-27)31(26-7-3-9-28(18-26)37(39)40)30(23(2)35-22)32(38)41-17-5-6-24-10-12-25(13-11-24)20-36-16-15-34-21-36/h3-16,18-19,21,31,35H,17,20H2,1-2H3/b6-5-. The number of nitro benzene ring substituents is 1. The third-order valence-electron chi connectivity index (χ3n) is 6.89. The number of benzene rings is 2. The van der Waals surface area contributed by atoms with Crippen LogP contribution in [0.25, 0.3) is 11.6 Å². The normalized spacial score (nSPS) is 15.2. The predicted molar refractivity (Wildman–Crippen MR) is 156 cm³/mol. The molecule has 4 aromatic rings. The number of rotatable bonds is 9. The number of nitro groups is 1. The summed E-state index contributed by atoms with van der Waals surface area (Å²) in [5.41, 5.74) is 6.19. The number of hydrogen-bond donors (Lipinski definition) is 1. The van der Waals surface area contributed by atoms with Gasteiger partial charge >= 0.3 is 5.97 Å². The monoisotopic (exact) mass is 547 g/mol. The molecule has 0 fully saturated rings. The van der Waals surface area contributed by atoms with Gasteiger partial charge in [-0.2, -0.15) is 0 Å². The first-order valence-corrected chi connectivity index (χ1v) is 13.1. The first kappa shape index (κ1) is 27.3. The maximum atomic E-state index is 13.6. The summed E-state index contributed by atoms with van der Waals surface area (Å²) in [6.45, 7) is 4.54. The van der Waals surface area contributed by atoms with Crippen molar-refractivity contribution in [3.63, 3.8) is 0 Å². The number of imidazole rings is 1. The Kier molecular flexibility index (Phi) is 8.15. The van der Waals surface area contributed by atoms with E-state index in [-0.39, 0.29) is 12.3 Å². The van der Waals surface area contributed by atoms with E-state index in [4.69, 9.17) is 4.74 Å². The number of dihydropyridines is 1. The van der Waals surface area contributed by atoms with E-state index in [1.165, 1.54) is 12.1 Å². The average Bonchev–Trinajstić information content (AvgIpc) is 3.49. The molecule has 0 amide bonds. The number of nitrogens with zero attached hydrogens (tertiary/aromatic N) is 4. The molecule has 41 heavy (non-hydrogen) atoms. The molecular weight excluding hydrogens is 518 g/mol. The SMILES string of the molecule is CC1=C(C(=O)OC/C=C\c2ccc(Cn3ccnc3)cc2)C(c2cccc([N+](=O)[O-])c2)C(c2cccnc2)=C(C)N1. The second kappa shape index (κ2) is 12.3. The van der Waals surface area contributed by atoms with Crippen molar-refractivity contribution in [3.05, 3.63) is 147 Å². The van der Waals surface area contributed by atoms with Gasteiger partial charge in [-0.3, -0.25) is 15.1 Å². The Balaban J connectivity index is 1.36. The fourth-order valence-electron chi connectivity index (χ4n) is 5.03.